The summed E-state index contributed by atoms with van der Waals surface area (Å²) in [6.07, 6.45) is 8.96. The molecule has 0 nitrogen and oxygen atoms in total. The van der Waals surface area contributed by atoms with Gasteiger partial charge in [0.2, 0.25) is 0 Å². The van der Waals surface area contributed by atoms with Gasteiger partial charge in [-0.3, -0.25) is 0 Å². The summed E-state index contributed by atoms with van der Waals surface area (Å²) in [6, 6.07) is 0. The topological polar surface area (TPSA) is 0 Å². The van der Waals surface area contributed by atoms with Crippen molar-refractivity contribution in [2.24, 2.45) is 47.3 Å². The molecule has 96 valence electrons. The molecule has 0 heterocycles. The molecule has 0 spiro atoms. The van der Waals surface area contributed by atoms with Gasteiger partial charge in [0.15, 0.2) is 0 Å². The quantitative estimate of drug-likeness (QED) is 0.549. The van der Waals surface area contributed by atoms with Crippen molar-refractivity contribution in [1.82, 2.24) is 0 Å². The summed E-state index contributed by atoms with van der Waals surface area (Å²) in [4.78, 5) is 0. The number of fused-ring (bicyclic) bond motifs is 10. The Morgan fingerprint density at radius 2 is 0.833 bits per heavy atom. The van der Waals surface area contributed by atoms with E-state index in [-0.39, 0.29) is 0 Å². The highest BCUT2D eigenvalue weighted by Gasteiger charge is 2.60. The molecular formula is C18H24. The molecule has 0 radical (unpaired) electrons. The Bertz CT molecular complexity index is 367. The summed E-state index contributed by atoms with van der Waals surface area (Å²) >= 11 is 0. The van der Waals surface area contributed by atoms with Crippen molar-refractivity contribution in [3.63, 3.8) is 0 Å². The van der Waals surface area contributed by atoms with Gasteiger partial charge >= 0.3 is 0 Å². The van der Waals surface area contributed by atoms with E-state index in [9.17, 15) is 0 Å². The standard InChI is InChI=1S/C18H24/c1-9-15-11-3-5-13(7-11)17(15)10(2)18-14-6-4-12(8-14)16(9)18/h11-18H,1-8H2. The van der Waals surface area contributed by atoms with Crippen molar-refractivity contribution in [2.45, 2.75) is 38.5 Å². The maximum atomic E-state index is 4.63. The lowest BCUT2D eigenvalue weighted by molar-refractivity contribution is 0.158. The Morgan fingerprint density at radius 3 is 1.11 bits per heavy atom. The van der Waals surface area contributed by atoms with Crippen molar-refractivity contribution in [2.75, 3.05) is 0 Å². The largest absolute Gasteiger partial charge is 0.0992 e. The smallest absolute Gasteiger partial charge is 0.0106 e. The molecule has 5 aliphatic rings. The molecule has 0 aliphatic heterocycles. The predicted octanol–water partition coefficient (Wildman–Crippen LogP) is 4.44. The SMILES string of the molecule is C=C1C2C3CCC(C3)C2C(=C)C2C3CCC(C3)C12. The van der Waals surface area contributed by atoms with E-state index < -0.39 is 0 Å². The second-order valence-electron chi connectivity index (χ2n) is 7.92. The lowest BCUT2D eigenvalue weighted by Gasteiger charge is -2.48. The number of hydrogen-bond acceptors (Lipinski definition) is 0. The molecule has 5 saturated carbocycles. The molecule has 0 aromatic rings. The first-order valence-electron chi connectivity index (χ1n) is 8.13. The second kappa shape index (κ2) is 3.14. The van der Waals surface area contributed by atoms with Crippen molar-refractivity contribution in [3.8, 4) is 0 Å². The van der Waals surface area contributed by atoms with Crippen LogP contribution < -0.4 is 0 Å². The zero-order valence-corrected chi connectivity index (χ0v) is 11.3. The van der Waals surface area contributed by atoms with E-state index >= 15 is 0 Å². The van der Waals surface area contributed by atoms with Crippen molar-refractivity contribution >= 4 is 0 Å². The molecule has 0 heteroatoms. The number of hydrogen-bond donors (Lipinski definition) is 0. The molecule has 5 rings (SSSR count). The van der Waals surface area contributed by atoms with Gasteiger partial charge in [0, 0.05) is 0 Å². The first kappa shape index (κ1) is 10.3. The normalized spacial score (nSPS) is 60.2. The third-order valence-electron chi connectivity index (χ3n) is 7.55. The minimum absolute atomic E-state index is 0.858. The maximum absolute atomic E-state index is 4.63. The van der Waals surface area contributed by atoms with E-state index in [1.54, 1.807) is 11.1 Å². The van der Waals surface area contributed by atoms with Gasteiger partial charge in [-0.15, -0.1) is 0 Å². The van der Waals surface area contributed by atoms with Gasteiger partial charge in [0.05, 0.1) is 0 Å². The van der Waals surface area contributed by atoms with Gasteiger partial charge in [0.25, 0.3) is 0 Å². The first-order chi connectivity index (χ1) is 8.75. The van der Waals surface area contributed by atoms with E-state index in [4.69, 9.17) is 0 Å². The van der Waals surface area contributed by atoms with Crippen LogP contribution in [0.1, 0.15) is 38.5 Å². The van der Waals surface area contributed by atoms with Crippen LogP contribution in [0.2, 0.25) is 0 Å². The lowest BCUT2D eigenvalue weighted by atomic mass is 9.56. The van der Waals surface area contributed by atoms with Crippen molar-refractivity contribution in [3.05, 3.63) is 24.3 Å². The summed E-state index contributed by atoms with van der Waals surface area (Å²) in [6.45, 7) is 9.26. The maximum Gasteiger partial charge on any atom is -0.0106 e. The second-order valence-corrected chi connectivity index (χ2v) is 7.92. The molecule has 0 aromatic carbocycles. The van der Waals surface area contributed by atoms with Gasteiger partial charge < -0.3 is 0 Å². The number of allylic oxidation sites excluding steroid dienone is 2. The molecular weight excluding hydrogens is 216 g/mol. The Labute approximate surface area is 111 Å². The fourth-order valence-corrected chi connectivity index (χ4v) is 7.16. The summed E-state index contributed by atoms with van der Waals surface area (Å²) in [5, 5.41) is 0. The lowest BCUT2D eigenvalue weighted by Crippen LogP contribution is -2.41. The molecule has 8 unspecified atom stereocenters. The summed E-state index contributed by atoms with van der Waals surface area (Å²) < 4.78 is 0. The van der Waals surface area contributed by atoms with Crippen LogP contribution in [-0.2, 0) is 0 Å². The molecule has 5 aliphatic carbocycles. The summed E-state index contributed by atoms with van der Waals surface area (Å²) in [7, 11) is 0. The third kappa shape index (κ3) is 0.982. The summed E-state index contributed by atoms with van der Waals surface area (Å²) in [5.74, 6) is 7.39. The number of rotatable bonds is 0. The molecule has 0 amide bonds. The molecule has 0 saturated heterocycles. The zero-order chi connectivity index (χ0) is 12.0. The van der Waals surface area contributed by atoms with Gasteiger partial charge in [-0.1, -0.05) is 24.3 Å². The van der Waals surface area contributed by atoms with Crippen LogP contribution in [0, 0.1) is 47.3 Å². The average Bonchev–Trinajstić information content (AvgIpc) is 3.10. The van der Waals surface area contributed by atoms with Crippen molar-refractivity contribution < 1.29 is 0 Å². The Hall–Kier alpha value is -0.520. The fraction of sp³-hybridized carbons (Fsp3) is 0.778. The highest BCUT2D eigenvalue weighted by molar-refractivity contribution is 5.34. The zero-order valence-electron chi connectivity index (χ0n) is 11.3. The van der Waals surface area contributed by atoms with Gasteiger partial charge in [-0.05, 0) is 85.9 Å². The van der Waals surface area contributed by atoms with Crippen LogP contribution in [0.3, 0.4) is 0 Å². The fourth-order valence-electron chi connectivity index (χ4n) is 7.16. The Balaban J connectivity index is 1.61. The van der Waals surface area contributed by atoms with Crippen LogP contribution >= 0.6 is 0 Å². The monoisotopic (exact) mass is 240 g/mol. The highest BCUT2D eigenvalue weighted by Crippen LogP contribution is 2.69. The van der Waals surface area contributed by atoms with Crippen molar-refractivity contribution in [1.29, 1.82) is 0 Å². The predicted molar refractivity (Wildman–Crippen MR) is 73.9 cm³/mol. The van der Waals surface area contributed by atoms with Gasteiger partial charge in [-0.2, -0.15) is 0 Å². The van der Waals surface area contributed by atoms with E-state index in [0.717, 1.165) is 47.3 Å². The Kier molecular flexibility index (Phi) is 1.79. The minimum Gasteiger partial charge on any atom is -0.0992 e. The van der Waals surface area contributed by atoms with E-state index in [2.05, 4.69) is 13.2 Å². The van der Waals surface area contributed by atoms with Crippen LogP contribution in [0.15, 0.2) is 24.3 Å². The van der Waals surface area contributed by atoms with Crippen LogP contribution in [0.4, 0.5) is 0 Å². The van der Waals surface area contributed by atoms with Crippen LogP contribution in [0.25, 0.3) is 0 Å². The first-order valence-corrected chi connectivity index (χ1v) is 8.13. The van der Waals surface area contributed by atoms with E-state index in [0.29, 0.717) is 0 Å². The molecule has 4 bridgehead atoms. The molecule has 8 atom stereocenters. The highest BCUT2D eigenvalue weighted by atomic mass is 14.6. The molecule has 0 N–H and O–H groups in total. The van der Waals surface area contributed by atoms with Gasteiger partial charge in [-0.25, -0.2) is 0 Å². The third-order valence-corrected chi connectivity index (χ3v) is 7.55. The minimum atomic E-state index is 0.858. The van der Waals surface area contributed by atoms with E-state index in [1.807, 2.05) is 0 Å². The summed E-state index contributed by atoms with van der Waals surface area (Å²) in [5.41, 5.74) is 3.38. The van der Waals surface area contributed by atoms with Crippen LogP contribution in [0.5, 0.6) is 0 Å². The molecule has 0 aromatic heterocycles. The molecule has 18 heavy (non-hydrogen) atoms. The Morgan fingerprint density at radius 1 is 0.556 bits per heavy atom. The average molecular weight is 240 g/mol. The van der Waals surface area contributed by atoms with Crippen LogP contribution in [-0.4, -0.2) is 0 Å². The molecule has 5 fully saturated rings. The van der Waals surface area contributed by atoms with E-state index in [1.165, 1.54) is 38.5 Å². The van der Waals surface area contributed by atoms with Gasteiger partial charge in [0.1, 0.15) is 0 Å².